The summed E-state index contributed by atoms with van der Waals surface area (Å²) in [5.74, 6) is 0.637. The summed E-state index contributed by atoms with van der Waals surface area (Å²) in [6.45, 7) is 3.74. The van der Waals surface area contributed by atoms with Gasteiger partial charge in [-0.05, 0) is 37.5 Å². The van der Waals surface area contributed by atoms with Gasteiger partial charge in [-0.25, -0.2) is 15.0 Å². The molecule has 6 nitrogen and oxygen atoms in total. The van der Waals surface area contributed by atoms with Crippen LogP contribution in [0.1, 0.15) is 28.9 Å². The van der Waals surface area contributed by atoms with E-state index in [4.69, 9.17) is 11.6 Å². The smallest absolute Gasteiger partial charge is 0.277 e. The van der Waals surface area contributed by atoms with Crippen LogP contribution in [-0.2, 0) is 0 Å². The van der Waals surface area contributed by atoms with E-state index in [-0.39, 0.29) is 16.6 Å². The molecular formula is C15H16ClN5O. The SMILES string of the molecule is Cc1ccnc(NC(=O)c2nc(N3CCCC3)ncc2Cl)c1. The fraction of sp³-hybridized carbons (Fsp3) is 0.333. The first kappa shape index (κ1) is 14.7. The van der Waals surface area contributed by atoms with Gasteiger partial charge >= 0.3 is 0 Å². The molecule has 1 amide bonds. The minimum absolute atomic E-state index is 0.168. The van der Waals surface area contributed by atoms with Gasteiger partial charge in [-0.15, -0.1) is 0 Å². The number of hydrogen-bond donors (Lipinski definition) is 1. The van der Waals surface area contributed by atoms with Gasteiger partial charge in [-0.1, -0.05) is 11.6 Å². The molecule has 1 aliphatic heterocycles. The highest BCUT2D eigenvalue weighted by atomic mass is 35.5. The molecule has 0 unspecified atom stereocenters. The molecule has 1 saturated heterocycles. The summed E-state index contributed by atoms with van der Waals surface area (Å²) < 4.78 is 0. The van der Waals surface area contributed by atoms with E-state index < -0.39 is 0 Å². The molecule has 3 heterocycles. The molecule has 2 aromatic rings. The number of carbonyl (C=O) groups excluding carboxylic acids is 1. The van der Waals surface area contributed by atoms with Crippen LogP contribution in [0.2, 0.25) is 5.02 Å². The Labute approximate surface area is 133 Å². The Kier molecular flexibility index (Phi) is 4.20. The van der Waals surface area contributed by atoms with Crippen molar-refractivity contribution < 1.29 is 4.79 Å². The summed E-state index contributed by atoms with van der Waals surface area (Å²) in [5.41, 5.74) is 1.18. The maximum absolute atomic E-state index is 12.4. The first-order valence-corrected chi connectivity index (χ1v) is 7.53. The predicted molar refractivity (Wildman–Crippen MR) is 85.4 cm³/mol. The fourth-order valence-corrected chi connectivity index (χ4v) is 2.54. The van der Waals surface area contributed by atoms with Crippen LogP contribution in [0.3, 0.4) is 0 Å². The van der Waals surface area contributed by atoms with Crippen LogP contribution < -0.4 is 10.2 Å². The first-order chi connectivity index (χ1) is 10.6. The van der Waals surface area contributed by atoms with Crippen LogP contribution in [0.15, 0.2) is 24.5 Å². The van der Waals surface area contributed by atoms with Crippen molar-refractivity contribution in [1.29, 1.82) is 0 Å². The van der Waals surface area contributed by atoms with Crippen LogP contribution in [0, 0.1) is 6.92 Å². The Morgan fingerprint density at radius 1 is 1.32 bits per heavy atom. The predicted octanol–water partition coefficient (Wildman–Crippen LogP) is 2.69. The van der Waals surface area contributed by atoms with Crippen molar-refractivity contribution in [2.24, 2.45) is 0 Å². The Morgan fingerprint density at radius 3 is 2.82 bits per heavy atom. The lowest BCUT2D eigenvalue weighted by atomic mass is 10.3. The molecule has 114 valence electrons. The monoisotopic (exact) mass is 317 g/mol. The van der Waals surface area contributed by atoms with Gasteiger partial charge < -0.3 is 10.2 Å². The standard InChI is InChI=1S/C15H16ClN5O/c1-10-4-5-17-12(8-10)19-14(22)13-11(16)9-18-15(20-13)21-6-2-3-7-21/h4-5,8-9H,2-3,6-7H2,1H3,(H,17,19,22). The lowest BCUT2D eigenvalue weighted by Crippen LogP contribution is -2.23. The molecule has 0 radical (unpaired) electrons. The van der Waals surface area contributed by atoms with Crippen molar-refractivity contribution in [2.45, 2.75) is 19.8 Å². The third kappa shape index (κ3) is 3.17. The number of nitrogens with zero attached hydrogens (tertiary/aromatic N) is 4. The average Bonchev–Trinajstić information content (AvgIpc) is 3.02. The molecule has 0 spiro atoms. The lowest BCUT2D eigenvalue weighted by molar-refractivity contribution is 0.102. The highest BCUT2D eigenvalue weighted by Gasteiger charge is 2.19. The molecule has 1 fully saturated rings. The van der Waals surface area contributed by atoms with Crippen molar-refractivity contribution in [2.75, 3.05) is 23.3 Å². The third-order valence-electron chi connectivity index (χ3n) is 3.49. The zero-order chi connectivity index (χ0) is 15.5. The van der Waals surface area contributed by atoms with Crippen molar-refractivity contribution in [3.63, 3.8) is 0 Å². The maximum atomic E-state index is 12.4. The van der Waals surface area contributed by atoms with E-state index in [0.29, 0.717) is 11.8 Å². The van der Waals surface area contributed by atoms with E-state index in [0.717, 1.165) is 31.5 Å². The van der Waals surface area contributed by atoms with Gasteiger partial charge in [0.25, 0.3) is 5.91 Å². The van der Waals surface area contributed by atoms with Crippen LogP contribution in [-0.4, -0.2) is 33.9 Å². The second-order valence-corrected chi connectivity index (χ2v) is 5.64. The number of hydrogen-bond acceptors (Lipinski definition) is 5. The molecule has 0 aromatic carbocycles. The molecule has 3 rings (SSSR count). The van der Waals surface area contributed by atoms with Crippen LogP contribution >= 0.6 is 11.6 Å². The fourth-order valence-electron chi connectivity index (χ4n) is 2.37. The molecular weight excluding hydrogens is 302 g/mol. The summed E-state index contributed by atoms with van der Waals surface area (Å²) in [6.07, 6.45) is 5.34. The van der Waals surface area contributed by atoms with E-state index in [9.17, 15) is 4.79 Å². The molecule has 1 N–H and O–H groups in total. The van der Waals surface area contributed by atoms with Crippen molar-refractivity contribution in [3.8, 4) is 0 Å². The highest BCUT2D eigenvalue weighted by molar-refractivity contribution is 6.34. The van der Waals surface area contributed by atoms with Gasteiger partial charge in [0.05, 0.1) is 11.2 Å². The Bertz CT molecular complexity index is 700. The van der Waals surface area contributed by atoms with Gasteiger partial charge in [0.2, 0.25) is 5.95 Å². The Balaban J connectivity index is 1.83. The number of anilines is 2. The molecule has 0 aliphatic carbocycles. The van der Waals surface area contributed by atoms with Crippen LogP contribution in [0.4, 0.5) is 11.8 Å². The molecule has 0 bridgehead atoms. The van der Waals surface area contributed by atoms with Crippen LogP contribution in [0.25, 0.3) is 0 Å². The number of carbonyl (C=O) groups is 1. The molecule has 2 aromatic heterocycles. The number of pyridine rings is 1. The quantitative estimate of drug-likeness (QED) is 0.942. The molecule has 22 heavy (non-hydrogen) atoms. The largest absolute Gasteiger partial charge is 0.341 e. The maximum Gasteiger partial charge on any atom is 0.277 e. The number of rotatable bonds is 3. The van der Waals surface area contributed by atoms with Gasteiger partial charge in [-0.2, -0.15) is 0 Å². The number of halogens is 1. The van der Waals surface area contributed by atoms with Gasteiger partial charge in [0.15, 0.2) is 5.69 Å². The number of aromatic nitrogens is 3. The van der Waals surface area contributed by atoms with E-state index in [1.54, 1.807) is 12.3 Å². The van der Waals surface area contributed by atoms with Crippen LogP contribution in [0.5, 0.6) is 0 Å². The molecule has 0 saturated carbocycles. The van der Waals surface area contributed by atoms with Gasteiger partial charge in [0.1, 0.15) is 5.82 Å². The number of amides is 1. The van der Waals surface area contributed by atoms with Crippen molar-refractivity contribution in [1.82, 2.24) is 15.0 Å². The second kappa shape index (κ2) is 6.27. The summed E-state index contributed by atoms with van der Waals surface area (Å²) in [4.78, 5) is 27.1. The molecule has 7 heteroatoms. The van der Waals surface area contributed by atoms with Crippen molar-refractivity contribution >= 4 is 29.3 Å². The lowest BCUT2D eigenvalue weighted by Gasteiger charge is -2.15. The molecule has 0 atom stereocenters. The minimum Gasteiger partial charge on any atom is -0.341 e. The zero-order valence-corrected chi connectivity index (χ0v) is 13.0. The zero-order valence-electron chi connectivity index (χ0n) is 12.2. The summed E-state index contributed by atoms with van der Waals surface area (Å²) in [5, 5.41) is 2.94. The Hall–Kier alpha value is -2.21. The van der Waals surface area contributed by atoms with Crippen molar-refractivity contribution in [3.05, 3.63) is 40.8 Å². The topological polar surface area (TPSA) is 71.0 Å². The van der Waals surface area contributed by atoms with Gasteiger partial charge in [0, 0.05) is 19.3 Å². The van der Waals surface area contributed by atoms with E-state index in [2.05, 4.69) is 25.2 Å². The third-order valence-corrected chi connectivity index (χ3v) is 3.77. The normalized spacial score (nSPS) is 14.2. The summed E-state index contributed by atoms with van der Waals surface area (Å²) in [6, 6.07) is 3.65. The summed E-state index contributed by atoms with van der Waals surface area (Å²) in [7, 11) is 0. The second-order valence-electron chi connectivity index (χ2n) is 5.23. The molecule has 1 aliphatic rings. The van der Waals surface area contributed by atoms with E-state index in [1.165, 1.54) is 6.20 Å². The average molecular weight is 318 g/mol. The Morgan fingerprint density at radius 2 is 2.09 bits per heavy atom. The van der Waals surface area contributed by atoms with Gasteiger partial charge in [-0.3, -0.25) is 4.79 Å². The van der Waals surface area contributed by atoms with E-state index >= 15 is 0 Å². The first-order valence-electron chi connectivity index (χ1n) is 7.15. The number of nitrogens with one attached hydrogen (secondary N) is 1. The number of aryl methyl sites for hydroxylation is 1. The highest BCUT2D eigenvalue weighted by Crippen LogP contribution is 2.20. The van der Waals surface area contributed by atoms with E-state index in [1.807, 2.05) is 13.0 Å². The summed E-state index contributed by atoms with van der Waals surface area (Å²) >= 11 is 6.07. The minimum atomic E-state index is -0.383.